The summed E-state index contributed by atoms with van der Waals surface area (Å²) in [7, 11) is 0. The van der Waals surface area contributed by atoms with Crippen LogP contribution in [0, 0.1) is 17.7 Å². The molecular formula is C17H25FO2. The van der Waals surface area contributed by atoms with E-state index >= 15 is 0 Å². The zero-order chi connectivity index (χ0) is 14.9. The van der Waals surface area contributed by atoms with Crippen molar-refractivity contribution in [3.8, 4) is 5.75 Å². The number of ether oxygens (including phenoxy) is 1. The molecule has 1 unspecified atom stereocenters. The van der Waals surface area contributed by atoms with Gasteiger partial charge in [-0.25, -0.2) is 4.39 Å². The van der Waals surface area contributed by atoms with Gasteiger partial charge in [-0.1, -0.05) is 27.7 Å². The van der Waals surface area contributed by atoms with Crippen LogP contribution in [0.5, 0.6) is 5.75 Å². The van der Waals surface area contributed by atoms with E-state index in [1.807, 2.05) is 0 Å². The Balaban J connectivity index is 2.34. The smallest absolute Gasteiger partial charge is 0.126 e. The highest BCUT2D eigenvalue weighted by atomic mass is 19.1. The molecule has 1 aromatic rings. The summed E-state index contributed by atoms with van der Waals surface area (Å²) in [6.45, 7) is 8.66. The number of benzene rings is 1. The van der Waals surface area contributed by atoms with Gasteiger partial charge in [-0.15, -0.1) is 0 Å². The van der Waals surface area contributed by atoms with Crippen molar-refractivity contribution in [3.05, 3.63) is 29.6 Å². The zero-order valence-corrected chi connectivity index (χ0v) is 12.8. The Morgan fingerprint density at radius 1 is 1.25 bits per heavy atom. The third-order valence-corrected chi connectivity index (χ3v) is 3.78. The zero-order valence-electron chi connectivity index (χ0n) is 12.8. The first-order chi connectivity index (χ1) is 9.31. The van der Waals surface area contributed by atoms with Crippen LogP contribution in [0.2, 0.25) is 0 Å². The van der Waals surface area contributed by atoms with Crippen LogP contribution < -0.4 is 4.74 Å². The van der Waals surface area contributed by atoms with Crippen LogP contribution in [-0.4, -0.2) is 10.7 Å². The molecule has 0 fully saturated rings. The Morgan fingerprint density at radius 3 is 2.40 bits per heavy atom. The van der Waals surface area contributed by atoms with Crippen LogP contribution >= 0.6 is 0 Å². The first kappa shape index (κ1) is 15.3. The molecule has 0 spiro atoms. The maximum absolute atomic E-state index is 13.3. The number of halogens is 1. The molecule has 1 heterocycles. The van der Waals surface area contributed by atoms with Gasteiger partial charge in [0.1, 0.15) is 17.2 Å². The standard InChI is InChI=1S/C17H25FO2/c1-11(2)8-17(9-12(3)4)10-15(19)14-7-13(18)5-6-16(14)20-17/h5-7,11-12,15,19H,8-10H2,1-4H3. The molecule has 1 aliphatic rings. The van der Waals surface area contributed by atoms with Crippen molar-refractivity contribution in [2.75, 3.05) is 0 Å². The molecule has 0 amide bonds. The normalized spacial score (nSPS) is 20.9. The van der Waals surface area contributed by atoms with E-state index in [2.05, 4.69) is 27.7 Å². The average molecular weight is 280 g/mol. The highest BCUT2D eigenvalue weighted by molar-refractivity contribution is 5.38. The molecular weight excluding hydrogens is 255 g/mol. The van der Waals surface area contributed by atoms with E-state index in [9.17, 15) is 9.50 Å². The van der Waals surface area contributed by atoms with Gasteiger partial charge in [0.15, 0.2) is 0 Å². The Labute approximate surface area is 121 Å². The van der Waals surface area contributed by atoms with Gasteiger partial charge in [0, 0.05) is 12.0 Å². The average Bonchev–Trinajstić information content (AvgIpc) is 2.28. The predicted octanol–water partition coefficient (Wildman–Crippen LogP) is 4.47. The predicted molar refractivity (Wildman–Crippen MR) is 78.2 cm³/mol. The first-order valence-corrected chi connectivity index (χ1v) is 7.48. The van der Waals surface area contributed by atoms with E-state index in [0.717, 1.165) is 12.8 Å². The second kappa shape index (κ2) is 5.72. The lowest BCUT2D eigenvalue weighted by molar-refractivity contribution is -0.0408. The Morgan fingerprint density at radius 2 is 1.85 bits per heavy atom. The molecule has 0 saturated carbocycles. The third-order valence-electron chi connectivity index (χ3n) is 3.78. The van der Waals surface area contributed by atoms with Crippen molar-refractivity contribution in [2.45, 2.75) is 58.7 Å². The number of rotatable bonds is 4. The minimum absolute atomic E-state index is 0.327. The summed E-state index contributed by atoms with van der Waals surface area (Å²) >= 11 is 0. The Hall–Kier alpha value is -1.09. The highest BCUT2D eigenvalue weighted by Crippen LogP contribution is 2.45. The second-order valence-corrected chi connectivity index (χ2v) is 6.88. The molecule has 2 rings (SSSR count). The monoisotopic (exact) mass is 280 g/mol. The van der Waals surface area contributed by atoms with E-state index in [0.29, 0.717) is 29.6 Å². The van der Waals surface area contributed by atoms with Gasteiger partial charge < -0.3 is 9.84 Å². The molecule has 112 valence electrons. The fourth-order valence-electron chi connectivity index (χ4n) is 3.43. The van der Waals surface area contributed by atoms with Gasteiger partial charge in [0.25, 0.3) is 0 Å². The molecule has 0 radical (unpaired) electrons. The minimum atomic E-state index is -0.646. The molecule has 20 heavy (non-hydrogen) atoms. The highest BCUT2D eigenvalue weighted by Gasteiger charge is 2.41. The Kier molecular flexibility index (Phi) is 4.38. The molecule has 1 atom stereocenters. The number of aliphatic hydroxyl groups excluding tert-OH is 1. The molecule has 1 aliphatic heterocycles. The maximum Gasteiger partial charge on any atom is 0.126 e. The largest absolute Gasteiger partial charge is 0.487 e. The summed E-state index contributed by atoms with van der Waals surface area (Å²) in [4.78, 5) is 0. The van der Waals surface area contributed by atoms with Crippen molar-refractivity contribution < 1.29 is 14.2 Å². The van der Waals surface area contributed by atoms with Crippen molar-refractivity contribution >= 4 is 0 Å². The van der Waals surface area contributed by atoms with E-state index in [4.69, 9.17) is 4.74 Å². The van der Waals surface area contributed by atoms with Gasteiger partial charge in [-0.2, -0.15) is 0 Å². The van der Waals surface area contributed by atoms with Crippen LogP contribution in [-0.2, 0) is 0 Å². The first-order valence-electron chi connectivity index (χ1n) is 7.48. The van der Waals surface area contributed by atoms with E-state index in [1.165, 1.54) is 12.1 Å². The van der Waals surface area contributed by atoms with Crippen LogP contribution in [0.25, 0.3) is 0 Å². The van der Waals surface area contributed by atoms with E-state index < -0.39 is 6.10 Å². The van der Waals surface area contributed by atoms with Gasteiger partial charge >= 0.3 is 0 Å². The van der Waals surface area contributed by atoms with Crippen LogP contribution in [0.1, 0.15) is 58.6 Å². The summed E-state index contributed by atoms with van der Waals surface area (Å²) in [5, 5.41) is 10.4. The Bertz CT molecular complexity index is 458. The van der Waals surface area contributed by atoms with E-state index in [1.54, 1.807) is 6.07 Å². The van der Waals surface area contributed by atoms with E-state index in [-0.39, 0.29) is 11.4 Å². The van der Waals surface area contributed by atoms with Crippen molar-refractivity contribution in [3.63, 3.8) is 0 Å². The van der Waals surface area contributed by atoms with Gasteiger partial charge in [0.2, 0.25) is 0 Å². The second-order valence-electron chi connectivity index (χ2n) is 6.88. The third kappa shape index (κ3) is 3.32. The van der Waals surface area contributed by atoms with Crippen molar-refractivity contribution in [2.24, 2.45) is 11.8 Å². The molecule has 1 N–H and O–H groups in total. The minimum Gasteiger partial charge on any atom is -0.487 e. The van der Waals surface area contributed by atoms with Crippen molar-refractivity contribution in [1.82, 2.24) is 0 Å². The fraction of sp³-hybridized carbons (Fsp3) is 0.647. The lowest BCUT2D eigenvalue weighted by Gasteiger charge is -2.43. The molecule has 0 aliphatic carbocycles. The van der Waals surface area contributed by atoms with Crippen molar-refractivity contribution in [1.29, 1.82) is 0 Å². The van der Waals surface area contributed by atoms with Crippen LogP contribution in [0.3, 0.4) is 0 Å². The molecule has 1 aromatic carbocycles. The number of hydrogen-bond acceptors (Lipinski definition) is 2. The van der Waals surface area contributed by atoms with Crippen LogP contribution in [0.15, 0.2) is 18.2 Å². The SMILES string of the molecule is CC(C)CC1(CC(C)C)CC(O)c2cc(F)ccc2O1. The molecule has 2 nitrogen and oxygen atoms in total. The summed E-state index contributed by atoms with van der Waals surface area (Å²) in [6.07, 6.45) is 1.70. The molecule has 0 bridgehead atoms. The quantitative estimate of drug-likeness (QED) is 0.881. The lowest BCUT2D eigenvalue weighted by Crippen LogP contribution is -2.43. The topological polar surface area (TPSA) is 29.5 Å². The van der Waals surface area contributed by atoms with Gasteiger partial charge in [-0.05, 0) is 42.9 Å². The van der Waals surface area contributed by atoms with Gasteiger partial charge in [-0.3, -0.25) is 0 Å². The van der Waals surface area contributed by atoms with Crippen LogP contribution in [0.4, 0.5) is 4.39 Å². The summed E-state index contributed by atoms with van der Waals surface area (Å²) in [6, 6.07) is 4.42. The lowest BCUT2D eigenvalue weighted by atomic mass is 9.78. The van der Waals surface area contributed by atoms with Gasteiger partial charge in [0.05, 0.1) is 6.10 Å². The number of hydrogen-bond donors (Lipinski definition) is 1. The molecule has 3 heteroatoms. The molecule has 0 saturated heterocycles. The molecule has 0 aromatic heterocycles. The summed E-state index contributed by atoms with van der Waals surface area (Å²) in [5.41, 5.74) is 0.236. The maximum atomic E-state index is 13.3. The number of fused-ring (bicyclic) bond motifs is 1. The summed E-state index contributed by atoms with van der Waals surface area (Å²) in [5.74, 6) is 1.28. The summed E-state index contributed by atoms with van der Waals surface area (Å²) < 4.78 is 19.6. The fourth-order valence-corrected chi connectivity index (χ4v) is 3.43. The number of aliphatic hydroxyl groups is 1.